The molecular formula is C18H12Cl2N2O3. The first kappa shape index (κ1) is 17.2. The maximum atomic E-state index is 12.6. The summed E-state index contributed by atoms with van der Waals surface area (Å²) in [4.78, 5) is 28.1. The first-order valence-corrected chi connectivity index (χ1v) is 8.00. The number of hydrogen-bond acceptors (Lipinski definition) is 4. The molecule has 25 heavy (non-hydrogen) atoms. The molecule has 0 aliphatic rings. The third-order valence-electron chi connectivity index (χ3n) is 3.59. The molecule has 2 aromatic carbocycles. The second-order valence-corrected chi connectivity index (χ2v) is 5.80. The molecule has 3 aromatic rings. The summed E-state index contributed by atoms with van der Waals surface area (Å²) in [5, 5.41) is -0.136. The number of rotatable bonds is 3. The second-order valence-electron chi connectivity index (χ2n) is 5.09. The molecule has 0 N–H and O–H groups in total. The third-order valence-corrected chi connectivity index (χ3v) is 4.10. The molecule has 0 spiro atoms. The second kappa shape index (κ2) is 7.09. The Morgan fingerprint density at radius 2 is 1.64 bits per heavy atom. The van der Waals surface area contributed by atoms with Gasteiger partial charge in [-0.1, -0.05) is 53.5 Å². The topological polar surface area (TPSA) is 61.2 Å². The van der Waals surface area contributed by atoms with Gasteiger partial charge in [0.05, 0.1) is 18.4 Å². The van der Waals surface area contributed by atoms with Crippen LogP contribution in [0.3, 0.4) is 0 Å². The van der Waals surface area contributed by atoms with E-state index < -0.39 is 11.5 Å². The zero-order valence-electron chi connectivity index (χ0n) is 13.1. The largest absolute Gasteiger partial charge is 0.465 e. The van der Waals surface area contributed by atoms with E-state index in [-0.39, 0.29) is 10.3 Å². The molecule has 0 bridgehead atoms. The number of aromatic nitrogens is 2. The van der Waals surface area contributed by atoms with Gasteiger partial charge < -0.3 is 4.74 Å². The summed E-state index contributed by atoms with van der Waals surface area (Å²) >= 11 is 12.2. The lowest BCUT2D eigenvalue weighted by molar-refractivity contribution is 0.0601. The van der Waals surface area contributed by atoms with Crippen LogP contribution in [0.4, 0.5) is 0 Å². The normalized spacial score (nSPS) is 10.5. The number of nitrogens with zero attached hydrogens (tertiary/aromatic N) is 2. The predicted octanol–water partition coefficient (Wildman–Crippen LogP) is 3.99. The standard InChI is InChI=1S/C18H12Cl2N2O3/c1-25-18(24)12-9-7-11(8-10-12)14-15(19)21-16(20)17(23)22(14)13-5-3-2-4-6-13/h2-10H,1H3. The highest BCUT2D eigenvalue weighted by Gasteiger charge is 2.18. The van der Waals surface area contributed by atoms with E-state index in [9.17, 15) is 9.59 Å². The smallest absolute Gasteiger partial charge is 0.337 e. The molecule has 3 rings (SSSR count). The van der Waals surface area contributed by atoms with E-state index in [1.54, 1.807) is 48.5 Å². The molecule has 0 unspecified atom stereocenters. The van der Waals surface area contributed by atoms with Crippen molar-refractivity contribution in [3.8, 4) is 16.9 Å². The molecule has 1 heterocycles. The predicted molar refractivity (Wildman–Crippen MR) is 96.6 cm³/mol. The fourth-order valence-electron chi connectivity index (χ4n) is 2.43. The average Bonchev–Trinajstić information content (AvgIpc) is 2.64. The van der Waals surface area contributed by atoms with Crippen molar-refractivity contribution < 1.29 is 9.53 Å². The fourth-order valence-corrected chi connectivity index (χ4v) is 2.92. The Morgan fingerprint density at radius 1 is 1.00 bits per heavy atom. The van der Waals surface area contributed by atoms with Gasteiger partial charge in [0.2, 0.25) is 0 Å². The monoisotopic (exact) mass is 374 g/mol. The van der Waals surface area contributed by atoms with Gasteiger partial charge in [-0.3, -0.25) is 9.36 Å². The van der Waals surface area contributed by atoms with Crippen LogP contribution in [0.1, 0.15) is 10.4 Å². The number of esters is 1. The summed E-state index contributed by atoms with van der Waals surface area (Å²) < 4.78 is 6.08. The molecule has 0 radical (unpaired) electrons. The Balaban J connectivity index is 2.24. The summed E-state index contributed by atoms with van der Waals surface area (Å²) in [6, 6.07) is 15.5. The average molecular weight is 375 g/mol. The molecule has 0 amide bonds. The lowest BCUT2D eigenvalue weighted by atomic mass is 10.1. The van der Waals surface area contributed by atoms with Crippen molar-refractivity contribution in [3.05, 3.63) is 80.8 Å². The third kappa shape index (κ3) is 3.29. The summed E-state index contributed by atoms with van der Waals surface area (Å²) in [6.45, 7) is 0. The number of benzene rings is 2. The Morgan fingerprint density at radius 3 is 2.24 bits per heavy atom. The van der Waals surface area contributed by atoms with Gasteiger partial charge in [0.25, 0.3) is 5.56 Å². The van der Waals surface area contributed by atoms with Crippen LogP contribution in [0.25, 0.3) is 16.9 Å². The van der Waals surface area contributed by atoms with Crippen LogP contribution in [0.5, 0.6) is 0 Å². The summed E-state index contributed by atoms with van der Waals surface area (Å²) in [5.41, 5.74) is 1.51. The number of methoxy groups -OCH3 is 1. The summed E-state index contributed by atoms with van der Waals surface area (Å²) in [7, 11) is 1.31. The van der Waals surface area contributed by atoms with Crippen LogP contribution >= 0.6 is 23.2 Å². The molecule has 5 nitrogen and oxygen atoms in total. The number of halogens is 2. The molecule has 0 aliphatic carbocycles. The highest BCUT2D eigenvalue weighted by Crippen LogP contribution is 2.29. The Hall–Kier alpha value is -2.63. The van der Waals surface area contributed by atoms with Crippen molar-refractivity contribution in [2.24, 2.45) is 0 Å². The van der Waals surface area contributed by atoms with E-state index in [1.165, 1.54) is 11.7 Å². The van der Waals surface area contributed by atoms with Crippen LogP contribution in [-0.4, -0.2) is 22.6 Å². The number of carbonyl (C=O) groups is 1. The first-order valence-electron chi connectivity index (χ1n) is 7.25. The van der Waals surface area contributed by atoms with E-state index in [0.717, 1.165) is 0 Å². The number of carbonyl (C=O) groups excluding carboxylic acids is 1. The SMILES string of the molecule is COC(=O)c1ccc(-c2c(Cl)nc(Cl)c(=O)n2-c2ccccc2)cc1. The van der Waals surface area contributed by atoms with Gasteiger partial charge in [-0.15, -0.1) is 0 Å². The van der Waals surface area contributed by atoms with Gasteiger partial charge in [0.1, 0.15) is 0 Å². The van der Waals surface area contributed by atoms with Gasteiger partial charge in [0, 0.05) is 11.3 Å². The highest BCUT2D eigenvalue weighted by atomic mass is 35.5. The molecule has 0 fully saturated rings. The van der Waals surface area contributed by atoms with E-state index in [1.807, 2.05) is 6.07 Å². The van der Waals surface area contributed by atoms with Crippen molar-refractivity contribution in [1.82, 2.24) is 9.55 Å². The first-order chi connectivity index (χ1) is 12.0. The van der Waals surface area contributed by atoms with Gasteiger partial charge in [-0.05, 0) is 24.3 Å². The van der Waals surface area contributed by atoms with Crippen molar-refractivity contribution in [3.63, 3.8) is 0 Å². The van der Waals surface area contributed by atoms with E-state index in [2.05, 4.69) is 9.72 Å². The molecule has 0 saturated heterocycles. The molecule has 7 heteroatoms. The van der Waals surface area contributed by atoms with Crippen molar-refractivity contribution >= 4 is 29.2 Å². The Kier molecular flexibility index (Phi) is 4.88. The zero-order valence-corrected chi connectivity index (χ0v) is 14.6. The zero-order chi connectivity index (χ0) is 18.0. The minimum Gasteiger partial charge on any atom is -0.465 e. The van der Waals surface area contributed by atoms with E-state index in [4.69, 9.17) is 23.2 Å². The minimum absolute atomic E-state index is 0.0827. The van der Waals surface area contributed by atoms with Crippen LogP contribution in [-0.2, 0) is 4.74 Å². The van der Waals surface area contributed by atoms with Gasteiger partial charge in [-0.2, -0.15) is 0 Å². The van der Waals surface area contributed by atoms with Crippen LogP contribution in [0.15, 0.2) is 59.4 Å². The number of para-hydroxylation sites is 1. The van der Waals surface area contributed by atoms with Crippen LogP contribution in [0.2, 0.25) is 10.3 Å². The molecule has 126 valence electrons. The number of hydrogen-bond donors (Lipinski definition) is 0. The molecule has 0 saturated carbocycles. The minimum atomic E-state index is -0.482. The van der Waals surface area contributed by atoms with E-state index >= 15 is 0 Å². The summed E-state index contributed by atoms with van der Waals surface area (Å²) in [6.07, 6.45) is 0. The molecule has 0 aliphatic heterocycles. The Bertz CT molecular complexity index is 984. The molecule has 1 aromatic heterocycles. The molecular weight excluding hydrogens is 363 g/mol. The fraction of sp³-hybridized carbons (Fsp3) is 0.0556. The van der Waals surface area contributed by atoms with E-state index in [0.29, 0.717) is 22.5 Å². The van der Waals surface area contributed by atoms with Gasteiger partial charge in [0.15, 0.2) is 10.3 Å². The maximum Gasteiger partial charge on any atom is 0.337 e. The maximum absolute atomic E-state index is 12.6. The molecule has 0 atom stereocenters. The van der Waals surface area contributed by atoms with Crippen LogP contribution in [0, 0.1) is 0 Å². The lowest BCUT2D eigenvalue weighted by Gasteiger charge is -2.15. The van der Waals surface area contributed by atoms with Crippen molar-refractivity contribution in [2.75, 3.05) is 7.11 Å². The quantitative estimate of drug-likeness (QED) is 0.650. The van der Waals surface area contributed by atoms with Crippen LogP contribution < -0.4 is 5.56 Å². The lowest BCUT2D eigenvalue weighted by Crippen LogP contribution is -2.22. The van der Waals surface area contributed by atoms with Crippen molar-refractivity contribution in [2.45, 2.75) is 0 Å². The number of ether oxygens (including phenoxy) is 1. The highest BCUT2D eigenvalue weighted by molar-refractivity contribution is 6.34. The van der Waals surface area contributed by atoms with Gasteiger partial charge >= 0.3 is 5.97 Å². The van der Waals surface area contributed by atoms with Gasteiger partial charge in [-0.25, -0.2) is 9.78 Å². The van der Waals surface area contributed by atoms with Crippen molar-refractivity contribution in [1.29, 1.82) is 0 Å². The summed E-state index contributed by atoms with van der Waals surface area (Å²) in [5.74, 6) is -0.452. The Labute approximate surface area is 153 Å².